The lowest BCUT2D eigenvalue weighted by molar-refractivity contribution is -0.112. The average Bonchev–Trinajstić information content (AvgIpc) is 2.55. The van der Waals surface area contributed by atoms with Crippen molar-refractivity contribution in [3.63, 3.8) is 0 Å². The summed E-state index contributed by atoms with van der Waals surface area (Å²) in [5.41, 5.74) is 2.79. The number of amides is 1. The second-order valence-electron chi connectivity index (χ2n) is 5.18. The first kappa shape index (κ1) is 17.4. The number of phenols is 1. The van der Waals surface area contributed by atoms with Gasteiger partial charge in [0.1, 0.15) is 17.4 Å². The van der Waals surface area contributed by atoms with Gasteiger partial charge < -0.3 is 15.7 Å². The Morgan fingerprint density at radius 1 is 1.25 bits per heavy atom. The number of aryl methyl sites for hydroxylation is 1. The lowest BCUT2D eigenvalue weighted by Crippen LogP contribution is -2.15. The molecule has 0 saturated carbocycles. The summed E-state index contributed by atoms with van der Waals surface area (Å²) in [5.74, 6) is -0.580. The predicted octanol–water partition coefficient (Wildman–Crippen LogP) is 4.12. The number of nitrogens with zero attached hydrogens (tertiary/aromatic N) is 1. The number of phenolic OH excluding ortho intramolecular Hbond substituents is 1. The van der Waals surface area contributed by atoms with Crippen molar-refractivity contribution in [1.82, 2.24) is 0 Å². The minimum absolute atomic E-state index is 0.0390. The first-order valence-electron chi connectivity index (χ1n) is 7.15. The summed E-state index contributed by atoms with van der Waals surface area (Å²) in [6, 6.07) is 11.8. The van der Waals surface area contributed by atoms with E-state index in [4.69, 9.17) is 11.6 Å². The number of nitrogens with one attached hydrogen (secondary N) is 2. The summed E-state index contributed by atoms with van der Waals surface area (Å²) in [7, 11) is 0. The summed E-state index contributed by atoms with van der Waals surface area (Å²) < 4.78 is 0. The SMILES string of the molecule is Cc1cccc(NC(=O)/C(C#N)=C\Nc2cc(Cl)ccc2O)c1C. The largest absolute Gasteiger partial charge is 0.506 e. The van der Waals surface area contributed by atoms with Crippen molar-refractivity contribution in [1.29, 1.82) is 5.26 Å². The minimum Gasteiger partial charge on any atom is -0.506 e. The number of carbonyl (C=O) groups excluding carboxylic acids is 1. The molecule has 2 aromatic rings. The lowest BCUT2D eigenvalue weighted by atomic mass is 10.1. The van der Waals surface area contributed by atoms with E-state index in [1.54, 1.807) is 6.07 Å². The van der Waals surface area contributed by atoms with Crippen LogP contribution in [0.25, 0.3) is 0 Å². The van der Waals surface area contributed by atoms with Crippen LogP contribution in [0, 0.1) is 25.2 Å². The zero-order valence-corrected chi connectivity index (χ0v) is 14.0. The van der Waals surface area contributed by atoms with Gasteiger partial charge in [0.15, 0.2) is 0 Å². The molecule has 0 aromatic heterocycles. The van der Waals surface area contributed by atoms with Crippen LogP contribution in [0.1, 0.15) is 11.1 Å². The summed E-state index contributed by atoms with van der Waals surface area (Å²) >= 11 is 5.85. The molecule has 0 heterocycles. The fourth-order valence-electron chi connectivity index (χ4n) is 2.00. The third-order valence-corrected chi connectivity index (χ3v) is 3.78. The molecule has 1 amide bonds. The van der Waals surface area contributed by atoms with Crippen molar-refractivity contribution in [3.05, 3.63) is 64.3 Å². The molecule has 0 bridgehead atoms. The maximum Gasteiger partial charge on any atom is 0.267 e. The second kappa shape index (κ2) is 7.53. The number of rotatable bonds is 4. The van der Waals surface area contributed by atoms with Gasteiger partial charge in [0.05, 0.1) is 5.69 Å². The first-order valence-corrected chi connectivity index (χ1v) is 7.53. The van der Waals surface area contributed by atoms with Gasteiger partial charge in [-0.3, -0.25) is 4.79 Å². The highest BCUT2D eigenvalue weighted by atomic mass is 35.5. The van der Waals surface area contributed by atoms with E-state index in [-0.39, 0.29) is 11.3 Å². The number of aromatic hydroxyl groups is 1. The van der Waals surface area contributed by atoms with Crippen LogP contribution in [0.5, 0.6) is 5.75 Å². The predicted molar refractivity (Wildman–Crippen MR) is 95.0 cm³/mol. The van der Waals surface area contributed by atoms with Crippen LogP contribution < -0.4 is 10.6 Å². The highest BCUT2D eigenvalue weighted by Gasteiger charge is 2.11. The van der Waals surface area contributed by atoms with E-state index in [0.29, 0.717) is 16.4 Å². The van der Waals surface area contributed by atoms with Crippen molar-refractivity contribution in [2.24, 2.45) is 0 Å². The van der Waals surface area contributed by atoms with E-state index in [9.17, 15) is 15.2 Å². The molecule has 0 unspecified atom stereocenters. The number of nitriles is 1. The molecule has 0 saturated heterocycles. The van der Waals surface area contributed by atoms with E-state index < -0.39 is 5.91 Å². The third-order valence-electron chi connectivity index (χ3n) is 3.55. The molecule has 6 heteroatoms. The number of anilines is 2. The molecular weight excluding hydrogens is 326 g/mol. The summed E-state index contributed by atoms with van der Waals surface area (Å²) in [4.78, 5) is 12.2. The van der Waals surface area contributed by atoms with Gasteiger partial charge in [0.2, 0.25) is 0 Å². The molecule has 0 aliphatic carbocycles. The van der Waals surface area contributed by atoms with Crippen molar-refractivity contribution < 1.29 is 9.90 Å². The average molecular weight is 342 g/mol. The van der Waals surface area contributed by atoms with E-state index in [0.717, 1.165) is 11.1 Å². The van der Waals surface area contributed by atoms with Crippen molar-refractivity contribution in [2.75, 3.05) is 10.6 Å². The Balaban J connectivity index is 2.18. The van der Waals surface area contributed by atoms with E-state index in [1.165, 1.54) is 24.4 Å². The molecule has 24 heavy (non-hydrogen) atoms. The quantitative estimate of drug-likeness (QED) is 0.443. The molecule has 0 fully saturated rings. The summed E-state index contributed by atoms with van der Waals surface area (Å²) in [5, 5.41) is 24.8. The van der Waals surface area contributed by atoms with Gasteiger partial charge in [-0.15, -0.1) is 0 Å². The van der Waals surface area contributed by atoms with Crippen molar-refractivity contribution in [2.45, 2.75) is 13.8 Å². The zero-order chi connectivity index (χ0) is 17.7. The fraction of sp³-hybridized carbons (Fsp3) is 0.111. The number of benzene rings is 2. The molecule has 5 nitrogen and oxygen atoms in total. The van der Waals surface area contributed by atoms with E-state index in [1.807, 2.05) is 32.0 Å². The number of hydrogen-bond acceptors (Lipinski definition) is 4. The molecule has 0 aliphatic heterocycles. The third kappa shape index (κ3) is 4.06. The Bertz CT molecular complexity index is 854. The van der Waals surface area contributed by atoms with Gasteiger partial charge >= 0.3 is 0 Å². The normalized spacial score (nSPS) is 10.8. The minimum atomic E-state index is -0.541. The lowest BCUT2D eigenvalue weighted by Gasteiger charge is -2.10. The van der Waals surface area contributed by atoms with Crippen LogP contribution in [-0.4, -0.2) is 11.0 Å². The Hall–Kier alpha value is -2.97. The van der Waals surface area contributed by atoms with Gasteiger partial charge in [-0.25, -0.2) is 0 Å². The summed E-state index contributed by atoms with van der Waals surface area (Å²) in [6.45, 7) is 3.83. The fourth-order valence-corrected chi connectivity index (χ4v) is 2.17. The molecule has 2 aromatic carbocycles. The standard InChI is InChI=1S/C18H16ClN3O2/c1-11-4-3-5-15(12(11)2)22-18(24)13(9-20)10-21-16-8-14(19)6-7-17(16)23/h3-8,10,21,23H,1-2H3,(H,22,24)/b13-10-. The van der Waals surface area contributed by atoms with E-state index >= 15 is 0 Å². The molecule has 3 N–H and O–H groups in total. The Kier molecular flexibility index (Phi) is 5.46. The molecule has 0 aliphatic rings. The van der Waals surface area contributed by atoms with Crippen LogP contribution in [0.2, 0.25) is 5.02 Å². The highest BCUT2D eigenvalue weighted by molar-refractivity contribution is 6.30. The monoisotopic (exact) mass is 341 g/mol. The van der Waals surface area contributed by atoms with Crippen LogP contribution in [0.3, 0.4) is 0 Å². The molecule has 0 radical (unpaired) electrons. The smallest absolute Gasteiger partial charge is 0.267 e. The van der Waals surface area contributed by atoms with Crippen LogP contribution in [-0.2, 0) is 4.79 Å². The zero-order valence-electron chi connectivity index (χ0n) is 13.2. The molecule has 122 valence electrons. The molecule has 2 rings (SSSR count). The summed E-state index contributed by atoms with van der Waals surface area (Å²) in [6.07, 6.45) is 1.23. The van der Waals surface area contributed by atoms with Crippen LogP contribution >= 0.6 is 11.6 Å². The van der Waals surface area contributed by atoms with Crippen LogP contribution in [0.4, 0.5) is 11.4 Å². The second-order valence-corrected chi connectivity index (χ2v) is 5.61. The van der Waals surface area contributed by atoms with Gasteiger partial charge in [0, 0.05) is 16.9 Å². The van der Waals surface area contributed by atoms with Gasteiger partial charge in [-0.05, 0) is 49.2 Å². The maximum atomic E-state index is 12.2. The number of carbonyl (C=O) groups is 1. The van der Waals surface area contributed by atoms with Gasteiger partial charge in [-0.2, -0.15) is 5.26 Å². The number of hydrogen-bond donors (Lipinski definition) is 3. The Morgan fingerprint density at radius 3 is 2.71 bits per heavy atom. The molecule has 0 spiro atoms. The van der Waals surface area contributed by atoms with Crippen LogP contribution in [0.15, 0.2) is 48.2 Å². The van der Waals surface area contributed by atoms with Crippen molar-refractivity contribution in [3.8, 4) is 11.8 Å². The topological polar surface area (TPSA) is 85.2 Å². The maximum absolute atomic E-state index is 12.2. The number of halogens is 1. The molecule has 0 atom stereocenters. The van der Waals surface area contributed by atoms with E-state index in [2.05, 4.69) is 10.6 Å². The van der Waals surface area contributed by atoms with Gasteiger partial charge in [-0.1, -0.05) is 23.7 Å². The highest BCUT2D eigenvalue weighted by Crippen LogP contribution is 2.26. The van der Waals surface area contributed by atoms with Gasteiger partial charge in [0.25, 0.3) is 5.91 Å². The first-order chi connectivity index (χ1) is 11.4. The van der Waals surface area contributed by atoms with Crippen molar-refractivity contribution >= 4 is 28.9 Å². The molecular formula is C18H16ClN3O2. The Labute approximate surface area is 145 Å². The Morgan fingerprint density at radius 2 is 2.00 bits per heavy atom.